The van der Waals surface area contributed by atoms with E-state index < -0.39 is 6.04 Å². The first-order valence-corrected chi connectivity index (χ1v) is 8.04. The molecule has 1 heterocycles. The van der Waals surface area contributed by atoms with E-state index in [1.165, 1.54) is 6.26 Å². The third-order valence-corrected chi connectivity index (χ3v) is 3.44. The predicted octanol–water partition coefficient (Wildman–Crippen LogP) is 2.18. The van der Waals surface area contributed by atoms with Crippen molar-refractivity contribution >= 4 is 23.4 Å². The molecular weight excluding hydrogens is 322 g/mol. The summed E-state index contributed by atoms with van der Waals surface area (Å²) in [4.78, 5) is 35.8. The Kier molecular flexibility index (Phi) is 6.33. The SMILES string of the molecule is CCCNC(=O)C(C)NC(=O)c1ccc(NC(=O)c2ccco2)cc1. The summed E-state index contributed by atoms with van der Waals surface area (Å²) in [5.41, 5.74) is 0.929. The van der Waals surface area contributed by atoms with Crippen molar-refractivity contribution in [3.63, 3.8) is 0 Å². The standard InChI is InChI=1S/C18H21N3O4/c1-3-10-19-16(22)12(2)20-17(23)13-6-8-14(9-7-13)21-18(24)15-5-4-11-25-15/h4-9,11-12H,3,10H2,1-2H3,(H,19,22)(H,20,23)(H,21,24). The molecule has 25 heavy (non-hydrogen) atoms. The van der Waals surface area contributed by atoms with Gasteiger partial charge in [-0.2, -0.15) is 0 Å². The van der Waals surface area contributed by atoms with Crippen LogP contribution in [0, 0.1) is 0 Å². The normalized spacial score (nSPS) is 11.4. The second-order valence-corrected chi connectivity index (χ2v) is 5.49. The average Bonchev–Trinajstić information content (AvgIpc) is 3.14. The second-order valence-electron chi connectivity index (χ2n) is 5.49. The molecule has 1 atom stereocenters. The first-order valence-electron chi connectivity index (χ1n) is 8.04. The Morgan fingerprint density at radius 3 is 2.40 bits per heavy atom. The van der Waals surface area contributed by atoms with Crippen molar-refractivity contribution in [2.45, 2.75) is 26.3 Å². The number of carbonyl (C=O) groups excluding carboxylic acids is 3. The maximum Gasteiger partial charge on any atom is 0.291 e. The molecule has 0 fully saturated rings. The van der Waals surface area contributed by atoms with E-state index in [4.69, 9.17) is 4.42 Å². The quantitative estimate of drug-likeness (QED) is 0.717. The summed E-state index contributed by atoms with van der Waals surface area (Å²) in [5.74, 6) is -0.752. The van der Waals surface area contributed by atoms with Crippen LogP contribution in [0.15, 0.2) is 47.1 Å². The summed E-state index contributed by atoms with van der Waals surface area (Å²) in [7, 11) is 0. The van der Waals surface area contributed by atoms with Gasteiger partial charge in [0.25, 0.3) is 11.8 Å². The van der Waals surface area contributed by atoms with E-state index in [0.29, 0.717) is 17.8 Å². The van der Waals surface area contributed by atoms with Gasteiger partial charge in [0.15, 0.2) is 5.76 Å². The van der Waals surface area contributed by atoms with Gasteiger partial charge >= 0.3 is 0 Å². The van der Waals surface area contributed by atoms with E-state index >= 15 is 0 Å². The summed E-state index contributed by atoms with van der Waals surface area (Å²) in [6, 6.07) is 8.92. The Bertz CT molecular complexity index is 723. The highest BCUT2D eigenvalue weighted by Gasteiger charge is 2.16. The van der Waals surface area contributed by atoms with Gasteiger partial charge in [-0.3, -0.25) is 14.4 Å². The lowest BCUT2D eigenvalue weighted by Crippen LogP contribution is -2.44. The number of benzene rings is 1. The molecule has 0 saturated carbocycles. The van der Waals surface area contributed by atoms with Crippen LogP contribution in [0.25, 0.3) is 0 Å². The van der Waals surface area contributed by atoms with Gasteiger partial charge in [-0.1, -0.05) is 6.92 Å². The maximum atomic E-state index is 12.2. The number of amides is 3. The maximum absolute atomic E-state index is 12.2. The summed E-state index contributed by atoms with van der Waals surface area (Å²) in [5, 5.41) is 8.02. The number of nitrogens with one attached hydrogen (secondary N) is 3. The zero-order valence-electron chi connectivity index (χ0n) is 14.2. The molecule has 2 rings (SSSR count). The number of hydrogen-bond acceptors (Lipinski definition) is 4. The highest BCUT2D eigenvalue weighted by molar-refractivity contribution is 6.03. The fourth-order valence-electron chi connectivity index (χ4n) is 2.05. The van der Waals surface area contributed by atoms with Crippen molar-refractivity contribution in [3.05, 3.63) is 54.0 Å². The average molecular weight is 343 g/mol. The minimum absolute atomic E-state index is 0.203. The largest absolute Gasteiger partial charge is 0.459 e. The van der Waals surface area contributed by atoms with Gasteiger partial charge in [-0.05, 0) is 49.7 Å². The number of rotatable bonds is 7. The van der Waals surface area contributed by atoms with E-state index in [1.807, 2.05) is 6.92 Å². The molecule has 3 N–H and O–H groups in total. The molecule has 0 bridgehead atoms. The van der Waals surface area contributed by atoms with Crippen LogP contribution in [0.2, 0.25) is 0 Å². The molecular formula is C18H21N3O4. The molecule has 0 radical (unpaired) electrons. The van der Waals surface area contributed by atoms with E-state index in [1.54, 1.807) is 43.3 Å². The van der Waals surface area contributed by atoms with Gasteiger partial charge in [-0.25, -0.2) is 0 Å². The number of anilines is 1. The summed E-state index contributed by atoms with van der Waals surface area (Å²) < 4.78 is 5.01. The molecule has 7 nitrogen and oxygen atoms in total. The first-order chi connectivity index (χ1) is 12.0. The second kappa shape index (κ2) is 8.68. The Morgan fingerprint density at radius 1 is 1.08 bits per heavy atom. The van der Waals surface area contributed by atoms with Crippen molar-refractivity contribution in [1.82, 2.24) is 10.6 Å². The Labute approximate surface area is 145 Å². The molecule has 2 aromatic rings. The number of hydrogen-bond donors (Lipinski definition) is 3. The van der Waals surface area contributed by atoms with Gasteiger partial charge in [0.1, 0.15) is 6.04 Å². The van der Waals surface area contributed by atoms with Gasteiger partial charge in [-0.15, -0.1) is 0 Å². The molecule has 132 valence electrons. The Morgan fingerprint density at radius 2 is 1.80 bits per heavy atom. The van der Waals surface area contributed by atoms with Gasteiger partial charge < -0.3 is 20.4 Å². The summed E-state index contributed by atoms with van der Waals surface area (Å²) in [6.07, 6.45) is 2.25. The number of furan rings is 1. The lowest BCUT2D eigenvalue weighted by Gasteiger charge is -2.14. The van der Waals surface area contributed by atoms with Crippen LogP contribution in [0.1, 0.15) is 41.2 Å². The molecule has 3 amide bonds. The smallest absolute Gasteiger partial charge is 0.291 e. The molecule has 0 aliphatic rings. The molecule has 0 spiro atoms. The minimum Gasteiger partial charge on any atom is -0.459 e. The monoisotopic (exact) mass is 343 g/mol. The Balaban J connectivity index is 1.91. The van der Waals surface area contributed by atoms with Crippen LogP contribution >= 0.6 is 0 Å². The third kappa shape index (κ3) is 5.20. The molecule has 0 aliphatic carbocycles. The molecule has 0 aliphatic heterocycles. The first kappa shape index (κ1) is 18.3. The van der Waals surface area contributed by atoms with Crippen LogP contribution < -0.4 is 16.0 Å². The third-order valence-electron chi connectivity index (χ3n) is 3.44. The lowest BCUT2D eigenvalue weighted by molar-refractivity contribution is -0.122. The van der Waals surface area contributed by atoms with E-state index in [2.05, 4.69) is 16.0 Å². The van der Waals surface area contributed by atoms with Crippen LogP contribution in [-0.4, -0.2) is 30.3 Å². The van der Waals surface area contributed by atoms with Crippen molar-refractivity contribution in [3.8, 4) is 0 Å². The fourth-order valence-corrected chi connectivity index (χ4v) is 2.05. The van der Waals surface area contributed by atoms with Gasteiger partial charge in [0.05, 0.1) is 6.26 Å². The van der Waals surface area contributed by atoms with Crippen LogP contribution in [0.4, 0.5) is 5.69 Å². The van der Waals surface area contributed by atoms with Crippen molar-refractivity contribution in [2.24, 2.45) is 0 Å². The minimum atomic E-state index is -0.627. The molecule has 1 unspecified atom stereocenters. The van der Waals surface area contributed by atoms with E-state index in [-0.39, 0.29) is 23.5 Å². The van der Waals surface area contributed by atoms with Gasteiger partial charge in [0, 0.05) is 17.8 Å². The van der Waals surface area contributed by atoms with Crippen molar-refractivity contribution in [2.75, 3.05) is 11.9 Å². The highest BCUT2D eigenvalue weighted by atomic mass is 16.3. The zero-order valence-corrected chi connectivity index (χ0v) is 14.2. The fraction of sp³-hybridized carbons (Fsp3) is 0.278. The van der Waals surface area contributed by atoms with Crippen molar-refractivity contribution < 1.29 is 18.8 Å². The van der Waals surface area contributed by atoms with E-state index in [0.717, 1.165) is 6.42 Å². The van der Waals surface area contributed by atoms with E-state index in [9.17, 15) is 14.4 Å². The summed E-state index contributed by atoms with van der Waals surface area (Å²) >= 11 is 0. The van der Waals surface area contributed by atoms with Crippen LogP contribution in [-0.2, 0) is 4.79 Å². The summed E-state index contributed by atoms with van der Waals surface area (Å²) in [6.45, 7) is 4.15. The molecule has 7 heteroatoms. The highest BCUT2D eigenvalue weighted by Crippen LogP contribution is 2.12. The lowest BCUT2D eigenvalue weighted by atomic mass is 10.1. The zero-order chi connectivity index (χ0) is 18.2. The van der Waals surface area contributed by atoms with Crippen LogP contribution in [0.5, 0.6) is 0 Å². The Hall–Kier alpha value is -3.09. The molecule has 1 aromatic carbocycles. The molecule has 0 saturated heterocycles. The molecule has 1 aromatic heterocycles. The predicted molar refractivity (Wildman–Crippen MR) is 93.3 cm³/mol. The van der Waals surface area contributed by atoms with Crippen LogP contribution in [0.3, 0.4) is 0 Å². The topological polar surface area (TPSA) is 100 Å². The van der Waals surface area contributed by atoms with Crippen molar-refractivity contribution in [1.29, 1.82) is 0 Å². The number of carbonyl (C=O) groups is 3. The van der Waals surface area contributed by atoms with Gasteiger partial charge in [0.2, 0.25) is 5.91 Å².